The minimum atomic E-state index is 0.358. The maximum absolute atomic E-state index is 7.84. The molecule has 0 unspecified atom stereocenters. The van der Waals surface area contributed by atoms with Crippen molar-refractivity contribution in [1.29, 1.82) is 5.41 Å². The standard InChI is InChI=1S/C25H26N8/c1-16(2)18-10-25(33-30-15-18)32-24-7-6-22-23(31-24)9-19(14-29-22)20(11-26)13-28-12-17-4-3-5-21(27)8-17/h3-11,13-16,26,28H,12,27H2,1-2H3,(H,31,32,33)/b20-13+,26-11?. The van der Waals surface area contributed by atoms with Crippen molar-refractivity contribution in [3.8, 4) is 0 Å². The monoisotopic (exact) mass is 438 g/mol. The lowest BCUT2D eigenvalue weighted by Gasteiger charge is -2.09. The Kier molecular flexibility index (Phi) is 6.54. The van der Waals surface area contributed by atoms with Gasteiger partial charge in [-0.2, -0.15) is 5.10 Å². The van der Waals surface area contributed by atoms with E-state index >= 15 is 0 Å². The van der Waals surface area contributed by atoms with Gasteiger partial charge in [0.1, 0.15) is 5.82 Å². The fourth-order valence-electron chi connectivity index (χ4n) is 3.31. The molecule has 0 saturated heterocycles. The lowest BCUT2D eigenvalue weighted by Crippen LogP contribution is -2.07. The maximum Gasteiger partial charge on any atom is 0.154 e. The van der Waals surface area contributed by atoms with Crippen molar-refractivity contribution in [3.05, 3.63) is 83.8 Å². The normalized spacial score (nSPS) is 11.5. The van der Waals surface area contributed by atoms with E-state index in [4.69, 9.17) is 11.1 Å². The van der Waals surface area contributed by atoms with E-state index in [0.717, 1.165) is 27.9 Å². The first-order valence-electron chi connectivity index (χ1n) is 10.7. The third-order valence-corrected chi connectivity index (χ3v) is 5.14. The first-order chi connectivity index (χ1) is 16.0. The van der Waals surface area contributed by atoms with Gasteiger partial charge in [0, 0.05) is 42.0 Å². The molecule has 0 spiro atoms. The lowest BCUT2D eigenvalue weighted by molar-refractivity contribution is 0.843. The molecule has 4 rings (SSSR count). The Bertz CT molecular complexity index is 1310. The van der Waals surface area contributed by atoms with Gasteiger partial charge < -0.3 is 21.8 Å². The molecule has 1 aromatic carbocycles. The SMILES string of the molecule is CC(C)c1cnnc(Nc2ccc3ncc(/C(C=N)=C/NCc4cccc(N)c4)cc3n2)c1. The second-order valence-corrected chi connectivity index (χ2v) is 7.98. The predicted octanol–water partition coefficient (Wildman–Crippen LogP) is 4.65. The number of nitrogens with zero attached hydrogens (tertiary/aromatic N) is 4. The first kappa shape index (κ1) is 21.9. The Morgan fingerprint density at radius 3 is 2.73 bits per heavy atom. The molecule has 0 saturated carbocycles. The van der Waals surface area contributed by atoms with Crippen LogP contribution in [0.4, 0.5) is 17.3 Å². The van der Waals surface area contributed by atoms with E-state index in [-0.39, 0.29) is 0 Å². The van der Waals surface area contributed by atoms with Crippen LogP contribution in [0, 0.1) is 5.41 Å². The maximum atomic E-state index is 7.84. The molecule has 0 atom stereocenters. The van der Waals surface area contributed by atoms with Gasteiger partial charge in [-0.1, -0.05) is 26.0 Å². The van der Waals surface area contributed by atoms with Crippen molar-refractivity contribution in [2.24, 2.45) is 0 Å². The molecule has 0 radical (unpaired) electrons. The van der Waals surface area contributed by atoms with Crippen molar-refractivity contribution in [2.75, 3.05) is 11.1 Å². The number of rotatable bonds is 8. The second-order valence-electron chi connectivity index (χ2n) is 7.98. The number of anilines is 3. The molecule has 8 nitrogen and oxygen atoms in total. The summed E-state index contributed by atoms with van der Waals surface area (Å²) in [6, 6.07) is 15.3. The largest absolute Gasteiger partial charge is 0.399 e. The molecule has 0 aliphatic heterocycles. The molecule has 3 heterocycles. The van der Waals surface area contributed by atoms with E-state index in [0.29, 0.717) is 35.2 Å². The number of hydrogen-bond donors (Lipinski definition) is 4. The molecule has 3 aromatic heterocycles. The van der Waals surface area contributed by atoms with Crippen molar-refractivity contribution < 1.29 is 0 Å². The summed E-state index contributed by atoms with van der Waals surface area (Å²) < 4.78 is 0. The van der Waals surface area contributed by atoms with E-state index in [2.05, 4.69) is 44.6 Å². The zero-order valence-electron chi connectivity index (χ0n) is 18.6. The van der Waals surface area contributed by atoms with E-state index in [1.165, 1.54) is 6.21 Å². The topological polar surface area (TPSA) is 125 Å². The third kappa shape index (κ3) is 5.48. The molecule has 0 aliphatic carbocycles. The summed E-state index contributed by atoms with van der Waals surface area (Å²) in [6.45, 7) is 4.83. The van der Waals surface area contributed by atoms with Crippen molar-refractivity contribution >= 4 is 40.1 Å². The highest BCUT2D eigenvalue weighted by Crippen LogP contribution is 2.21. The Morgan fingerprint density at radius 2 is 1.94 bits per heavy atom. The Labute approximate surface area is 192 Å². The van der Waals surface area contributed by atoms with E-state index in [1.54, 1.807) is 18.6 Å². The van der Waals surface area contributed by atoms with Crippen LogP contribution in [0.3, 0.4) is 0 Å². The number of fused-ring (bicyclic) bond motifs is 1. The van der Waals surface area contributed by atoms with Gasteiger partial charge in [-0.25, -0.2) is 4.98 Å². The van der Waals surface area contributed by atoms with Gasteiger partial charge in [0.05, 0.1) is 17.2 Å². The predicted molar refractivity (Wildman–Crippen MR) is 133 cm³/mol. The zero-order chi connectivity index (χ0) is 23.2. The number of aromatic nitrogens is 4. The number of nitrogens with two attached hydrogens (primary N) is 1. The minimum Gasteiger partial charge on any atom is -0.399 e. The van der Waals surface area contributed by atoms with Gasteiger partial charge >= 0.3 is 0 Å². The van der Waals surface area contributed by atoms with Gasteiger partial charge in [0.15, 0.2) is 5.82 Å². The van der Waals surface area contributed by atoms with Gasteiger partial charge in [0.25, 0.3) is 0 Å². The average molecular weight is 439 g/mol. The summed E-state index contributed by atoms with van der Waals surface area (Å²) in [4.78, 5) is 9.19. The van der Waals surface area contributed by atoms with Crippen LogP contribution >= 0.6 is 0 Å². The van der Waals surface area contributed by atoms with Crippen molar-refractivity contribution in [3.63, 3.8) is 0 Å². The quantitative estimate of drug-likeness (QED) is 0.233. The number of nitrogens with one attached hydrogen (secondary N) is 3. The fraction of sp³-hybridized carbons (Fsp3) is 0.160. The molecule has 0 bridgehead atoms. The fourth-order valence-corrected chi connectivity index (χ4v) is 3.31. The van der Waals surface area contributed by atoms with Gasteiger partial charge in [-0.3, -0.25) is 4.98 Å². The number of nitrogen functional groups attached to an aromatic ring is 1. The van der Waals surface area contributed by atoms with Crippen molar-refractivity contribution in [1.82, 2.24) is 25.5 Å². The Morgan fingerprint density at radius 1 is 1.06 bits per heavy atom. The number of benzene rings is 1. The molecule has 4 aromatic rings. The second kappa shape index (κ2) is 9.86. The molecule has 5 N–H and O–H groups in total. The smallest absolute Gasteiger partial charge is 0.154 e. The molecule has 33 heavy (non-hydrogen) atoms. The summed E-state index contributed by atoms with van der Waals surface area (Å²) in [5.41, 5.74) is 11.7. The van der Waals surface area contributed by atoms with E-state index < -0.39 is 0 Å². The van der Waals surface area contributed by atoms with Crippen LogP contribution in [-0.2, 0) is 6.54 Å². The van der Waals surface area contributed by atoms with Gasteiger partial charge in [0.2, 0.25) is 0 Å². The minimum absolute atomic E-state index is 0.358. The molecule has 0 amide bonds. The lowest BCUT2D eigenvalue weighted by atomic mass is 10.1. The highest BCUT2D eigenvalue weighted by molar-refractivity contribution is 6.08. The van der Waals surface area contributed by atoms with Crippen molar-refractivity contribution in [2.45, 2.75) is 26.3 Å². The van der Waals surface area contributed by atoms with Crippen LogP contribution < -0.4 is 16.4 Å². The molecule has 0 fully saturated rings. The number of hydrogen-bond acceptors (Lipinski definition) is 8. The zero-order valence-corrected chi connectivity index (χ0v) is 18.6. The summed E-state index contributed by atoms with van der Waals surface area (Å²) >= 11 is 0. The summed E-state index contributed by atoms with van der Waals surface area (Å²) in [7, 11) is 0. The molecule has 0 aliphatic rings. The summed E-state index contributed by atoms with van der Waals surface area (Å²) in [6.07, 6.45) is 6.61. The summed E-state index contributed by atoms with van der Waals surface area (Å²) in [5, 5.41) is 22.5. The first-order valence-corrected chi connectivity index (χ1v) is 10.7. The molecular formula is C25H26N8. The average Bonchev–Trinajstić information content (AvgIpc) is 2.82. The van der Waals surface area contributed by atoms with E-state index in [1.807, 2.05) is 48.5 Å². The molecular weight excluding hydrogens is 412 g/mol. The highest BCUT2D eigenvalue weighted by atomic mass is 15.2. The molecule has 8 heteroatoms. The van der Waals surface area contributed by atoms with Crippen LogP contribution in [0.2, 0.25) is 0 Å². The van der Waals surface area contributed by atoms with Crippen LogP contribution in [0.15, 0.2) is 67.1 Å². The third-order valence-electron chi connectivity index (χ3n) is 5.14. The van der Waals surface area contributed by atoms with Crippen LogP contribution in [0.1, 0.15) is 36.5 Å². The van der Waals surface area contributed by atoms with Crippen LogP contribution in [0.5, 0.6) is 0 Å². The number of allylic oxidation sites excluding steroid dienone is 1. The number of pyridine rings is 2. The summed E-state index contributed by atoms with van der Waals surface area (Å²) in [5.74, 6) is 1.65. The Balaban J connectivity index is 1.54. The van der Waals surface area contributed by atoms with Gasteiger partial charge in [-0.05, 0) is 53.4 Å². The van der Waals surface area contributed by atoms with E-state index in [9.17, 15) is 0 Å². The Hall–Kier alpha value is -4.33. The van der Waals surface area contributed by atoms with Crippen LogP contribution in [-0.4, -0.2) is 26.4 Å². The van der Waals surface area contributed by atoms with Crippen LogP contribution in [0.25, 0.3) is 16.6 Å². The van der Waals surface area contributed by atoms with Gasteiger partial charge in [-0.15, -0.1) is 5.10 Å². The molecule has 166 valence electrons. The highest BCUT2D eigenvalue weighted by Gasteiger charge is 2.07.